The van der Waals surface area contributed by atoms with Crippen molar-refractivity contribution >= 4 is 50.1 Å². The third kappa shape index (κ3) is 5.46. The van der Waals surface area contributed by atoms with Gasteiger partial charge in [-0.1, -0.05) is 11.3 Å². The van der Waals surface area contributed by atoms with E-state index in [1.807, 2.05) is 4.90 Å². The Morgan fingerprint density at radius 2 is 1.89 bits per heavy atom. The number of carbonyl (C=O) groups is 2. The molecule has 0 atom stereocenters. The van der Waals surface area contributed by atoms with Gasteiger partial charge in [0.05, 0.1) is 21.5 Å². The van der Waals surface area contributed by atoms with E-state index in [4.69, 9.17) is 4.74 Å². The van der Waals surface area contributed by atoms with Gasteiger partial charge in [0, 0.05) is 58.5 Å². The summed E-state index contributed by atoms with van der Waals surface area (Å²) in [7, 11) is -2.58. The normalized spacial score (nSPS) is 19.9. The van der Waals surface area contributed by atoms with Gasteiger partial charge >= 0.3 is 0 Å². The molecule has 13 nitrogen and oxygen atoms in total. The van der Waals surface area contributed by atoms with Gasteiger partial charge in [-0.2, -0.15) is 5.10 Å². The number of fused-ring (bicyclic) bond motifs is 1. The number of hydrogen-bond acceptors (Lipinski definition) is 11. The molecule has 6 rings (SSSR count). The Labute approximate surface area is 255 Å². The molecule has 1 aliphatic carbocycles. The Kier molecular flexibility index (Phi) is 7.92. The molecule has 18 heteroatoms. The fraction of sp³-hybridized carbons (Fsp3) is 0.577. The number of halogens is 3. The maximum Gasteiger partial charge on any atom is 0.291 e. The minimum absolute atomic E-state index is 0.0332. The van der Waals surface area contributed by atoms with E-state index >= 15 is 0 Å². The molecule has 44 heavy (non-hydrogen) atoms. The molecule has 2 saturated heterocycles. The molecule has 2 aromatic heterocycles. The van der Waals surface area contributed by atoms with Crippen LogP contribution in [0.15, 0.2) is 17.0 Å². The first kappa shape index (κ1) is 30.8. The van der Waals surface area contributed by atoms with Crippen molar-refractivity contribution in [3.63, 3.8) is 0 Å². The zero-order chi connectivity index (χ0) is 31.4. The number of piperazine rings is 1. The molecular weight excluding hydrogens is 625 g/mol. The van der Waals surface area contributed by atoms with Gasteiger partial charge in [-0.3, -0.25) is 14.5 Å². The first-order chi connectivity index (χ1) is 20.9. The predicted molar refractivity (Wildman–Crippen MR) is 154 cm³/mol. The van der Waals surface area contributed by atoms with Gasteiger partial charge in [-0.05, 0) is 31.9 Å². The van der Waals surface area contributed by atoms with Crippen LogP contribution in [0.4, 0.5) is 18.9 Å². The highest BCUT2D eigenvalue weighted by molar-refractivity contribution is 7.89. The smallest absolute Gasteiger partial charge is 0.291 e. The first-order valence-electron chi connectivity index (χ1n) is 14.0. The van der Waals surface area contributed by atoms with Gasteiger partial charge < -0.3 is 14.5 Å². The molecule has 0 radical (unpaired) electrons. The lowest BCUT2D eigenvalue weighted by Gasteiger charge is -2.50. The summed E-state index contributed by atoms with van der Waals surface area (Å²) in [5.74, 6) is -0.203. The van der Waals surface area contributed by atoms with Crippen LogP contribution in [0.3, 0.4) is 0 Å². The second-order valence-corrected chi connectivity index (χ2v) is 14.2. The minimum Gasteiger partial charge on any atom is -0.367 e. The highest BCUT2D eigenvalue weighted by atomic mass is 32.2. The van der Waals surface area contributed by atoms with E-state index < -0.39 is 39.3 Å². The first-order valence-corrected chi connectivity index (χ1v) is 16.3. The number of rotatable bonds is 11. The van der Waals surface area contributed by atoms with Crippen molar-refractivity contribution in [3.8, 4) is 5.13 Å². The molecule has 3 aliphatic rings. The predicted octanol–water partition coefficient (Wildman–Crippen LogP) is 1.78. The third-order valence-corrected chi connectivity index (χ3v) is 10.9. The average Bonchev–Trinajstić information content (AvgIpc) is 3.35. The van der Waals surface area contributed by atoms with Crippen LogP contribution in [0, 0.1) is 0 Å². The van der Waals surface area contributed by atoms with Crippen LogP contribution in [0.5, 0.6) is 0 Å². The van der Waals surface area contributed by atoms with Crippen LogP contribution in [0.2, 0.25) is 0 Å². The van der Waals surface area contributed by atoms with E-state index in [0.717, 1.165) is 4.68 Å². The SMILES string of the molecule is COC1(C(=O)N2CCN(c3cc(S(=O)(=O)NC4(C)CC4)cc4c3c(C=O)nn4-c3nnc(C(F)F)s3)CC2)CN(CCF)C1. The van der Waals surface area contributed by atoms with Gasteiger partial charge in [-0.25, -0.2) is 31.0 Å². The molecule has 0 spiro atoms. The number of alkyl halides is 3. The number of hydrogen-bond donors (Lipinski definition) is 1. The average molecular weight is 657 g/mol. The number of likely N-dealkylation sites (tertiary alicyclic amines) is 1. The Hall–Kier alpha value is -3.19. The fourth-order valence-corrected chi connectivity index (χ4v) is 7.85. The van der Waals surface area contributed by atoms with Crippen molar-refractivity contribution in [2.45, 2.75) is 42.2 Å². The second kappa shape index (κ2) is 11.3. The molecular formula is C26H31F3N8O5S2. The van der Waals surface area contributed by atoms with E-state index in [1.165, 1.54) is 19.2 Å². The summed E-state index contributed by atoms with van der Waals surface area (Å²) in [6.45, 7) is 3.23. The van der Waals surface area contributed by atoms with Crippen LogP contribution in [-0.2, 0) is 19.6 Å². The van der Waals surface area contributed by atoms with Crippen LogP contribution in [0.25, 0.3) is 16.0 Å². The highest BCUT2D eigenvalue weighted by Crippen LogP contribution is 2.39. The number of ether oxygens (including phenoxy) is 1. The Morgan fingerprint density at radius 3 is 2.45 bits per heavy atom. The second-order valence-electron chi connectivity index (χ2n) is 11.5. The Bertz CT molecular complexity index is 1700. The molecule has 3 fully saturated rings. The number of nitrogens with one attached hydrogen (secondary N) is 1. The number of aromatic nitrogens is 4. The summed E-state index contributed by atoms with van der Waals surface area (Å²) in [6, 6.07) is 2.81. The van der Waals surface area contributed by atoms with Crippen LogP contribution in [-0.4, -0.2) is 121 Å². The number of methoxy groups -OCH3 is 1. The maximum atomic E-state index is 13.5. The number of aldehydes is 1. The van der Waals surface area contributed by atoms with Gasteiger partial charge in [-0.15, -0.1) is 10.2 Å². The Balaban J connectivity index is 1.36. The van der Waals surface area contributed by atoms with Gasteiger partial charge in [0.1, 0.15) is 12.4 Å². The lowest BCUT2D eigenvalue weighted by Crippen LogP contribution is -2.71. The fourth-order valence-electron chi connectivity index (χ4n) is 5.68. The summed E-state index contributed by atoms with van der Waals surface area (Å²) in [5, 5.41) is 11.3. The molecule has 0 unspecified atom stereocenters. The van der Waals surface area contributed by atoms with Crippen LogP contribution >= 0.6 is 11.3 Å². The molecule has 238 valence electrons. The molecule has 0 bridgehead atoms. The lowest BCUT2D eigenvalue weighted by molar-refractivity contribution is -0.178. The van der Waals surface area contributed by atoms with E-state index in [0.29, 0.717) is 67.7 Å². The summed E-state index contributed by atoms with van der Waals surface area (Å²) in [5.41, 5.74) is -1.08. The largest absolute Gasteiger partial charge is 0.367 e. The van der Waals surface area contributed by atoms with Gasteiger partial charge in [0.15, 0.2) is 16.9 Å². The summed E-state index contributed by atoms with van der Waals surface area (Å²) in [4.78, 5) is 30.9. The summed E-state index contributed by atoms with van der Waals surface area (Å²) < 4.78 is 75.9. The molecule has 2 aliphatic heterocycles. The third-order valence-electron chi connectivity index (χ3n) is 8.41. The van der Waals surface area contributed by atoms with Crippen molar-refractivity contribution in [3.05, 3.63) is 22.8 Å². The van der Waals surface area contributed by atoms with Crippen LogP contribution in [0.1, 0.15) is 41.7 Å². The lowest BCUT2D eigenvalue weighted by atomic mass is 9.91. The van der Waals surface area contributed by atoms with E-state index in [9.17, 15) is 31.2 Å². The molecule has 1 amide bonds. The quantitative estimate of drug-likeness (QED) is 0.304. The number of nitrogens with zero attached hydrogens (tertiary/aromatic N) is 7. The van der Waals surface area contributed by atoms with Crippen molar-refractivity contribution in [2.75, 3.05) is 64.5 Å². The number of amides is 1. The standard InChI is InChI=1S/C26H31F3N8O5S2/c1-25(3-4-25)33-44(40,41)16-11-18(20-17(13-38)32-37(19(20)12-16)24-31-30-22(43-24)21(28)29)35-7-9-36(10-8-35)23(39)26(42-2)14-34(15-26)6-5-27/h11-13,21,33H,3-10,14-15H2,1-2H3. The van der Waals surface area contributed by atoms with Gasteiger partial charge in [0.2, 0.25) is 15.2 Å². The minimum atomic E-state index is -4.04. The van der Waals surface area contributed by atoms with E-state index in [1.54, 1.807) is 16.7 Å². The summed E-state index contributed by atoms with van der Waals surface area (Å²) in [6.07, 6.45) is -0.996. The van der Waals surface area contributed by atoms with Crippen LogP contribution < -0.4 is 9.62 Å². The van der Waals surface area contributed by atoms with Crippen molar-refractivity contribution < 1.29 is 35.9 Å². The highest BCUT2D eigenvalue weighted by Gasteiger charge is 2.51. The molecule has 1 aromatic carbocycles. The van der Waals surface area contributed by atoms with Crippen molar-refractivity contribution in [1.29, 1.82) is 0 Å². The van der Waals surface area contributed by atoms with E-state index in [2.05, 4.69) is 20.0 Å². The topological polar surface area (TPSA) is 143 Å². The summed E-state index contributed by atoms with van der Waals surface area (Å²) >= 11 is 0.580. The molecule has 1 saturated carbocycles. The zero-order valence-corrected chi connectivity index (χ0v) is 25.6. The Morgan fingerprint density at radius 1 is 1.18 bits per heavy atom. The zero-order valence-electron chi connectivity index (χ0n) is 24.0. The number of sulfonamides is 1. The van der Waals surface area contributed by atoms with Gasteiger partial charge in [0.25, 0.3) is 12.3 Å². The number of carbonyl (C=O) groups excluding carboxylic acids is 2. The molecule has 4 heterocycles. The number of anilines is 1. The number of benzene rings is 1. The molecule has 3 aromatic rings. The van der Waals surface area contributed by atoms with Crippen molar-refractivity contribution in [1.82, 2.24) is 34.5 Å². The molecule has 1 N–H and O–H groups in total. The van der Waals surface area contributed by atoms with E-state index in [-0.39, 0.29) is 46.8 Å². The maximum absolute atomic E-state index is 13.5. The monoisotopic (exact) mass is 656 g/mol. The van der Waals surface area contributed by atoms with Crippen molar-refractivity contribution in [2.24, 2.45) is 0 Å².